The molecule has 0 radical (unpaired) electrons. The molecule has 0 unspecified atom stereocenters. The molecule has 1 fully saturated rings. The van der Waals surface area contributed by atoms with Crippen molar-refractivity contribution < 1.29 is 14.3 Å². The van der Waals surface area contributed by atoms with E-state index in [0.29, 0.717) is 18.0 Å². The number of hydrogen-bond acceptors (Lipinski definition) is 3. The van der Waals surface area contributed by atoms with Gasteiger partial charge in [0.2, 0.25) is 11.8 Å². The van der Waals surface area contributed by atoms with Crippen LogP contribution in [0.2, 0.25) is 0 Å². The second kappa shape index (κ2) is 8.54. The number of amides is 2. The first kappa shape index (κ1) is 21.7. The van der Waals surface area contributed by atoms with Gasteiger partial charge in [-0.05, 0) is 75.2 Å². The number of carbonyl (C=O) groups is 2. The van der Waals surface area contributed by atoms with Crippen LogP contribution in [0.15, 0.2) is 48.5 Å². The maximum atomic E-state index is 13.2. The largest absolute Gasteiger partial charge is 0.497 e. The fourth-order valence-electron chi connectivity index (χ4n) is 4.24. The van der Waals surface area contributed by atoms with Crippen molar-refractivity contribution in [3.05, 3.63) is 71.0 Å². The van der Waals surface area contributed by atoms with Crippen molar-refractivity contribution in [2.75, 3.05) is 23.9 Å². The number of benzene rings is 2. The Balaban J connectivity index is 1.58. The summed E-state index contributed by atoms with van der Waals surface area (Å²) in [4.78, 5) is 27.6. The van der Waals surface area contributed by atoms with Gasteiger partial charge in [-0.25, -0.2) is 0 Å². The number of rotatable bonds is 5. The quantitative estimate of drug-likeness (QED) is 0.636. The van der Waals surface area contributed by atoms with Crippen LogP contribution < -0.4 is 15.0 Å². The van der Waals surface area contributed by atoms with Crippen molar-refractivity contribution in [2.24, 2.45) is 5.92 Å². The topological polar surface area (TPSA) is 63.6 Å². The fourth-order valence-corrected chi connectivity index (χ4v) is 4.24. The molecule has 1 aliphatic heterocycles. The molecule has 0 spiro atoms. The Labute approximate surface area is 188 Å². The minimum Gasteiger partial charge on any atom is -0.497 e. The van der Waals surface area contributed by atoms with Crippen molar-refractivity contribution in [1.29, 1.82) is 0 Å². The maximum Gasteiger partial charge on any atom is 0.229 e. The Morgan fingerprint density at radius 3 is 2.34 bits per heavy atom. The average molecular weight is 432 g/mol. The summed E-state index contributed by atoms with van der Waals surface area (Å²) >= 11 is 0. The van der Waals surface area contributed by atoms with Crippen LogP contribution in [0.3, 0.4) is 0 Å². The van der Waals surface area contributed by atoms with E-state index in [1.807, 2.05) is 76.2 Å². The molecule has 3 aromatic rings. The summed E-state index contributed by atoms with van der Waals surface area (Å²) in [5.41, 5.74) is 6.80. The molecule has 2 heterocycles. The average Bonchev–Trinajstić information content (AvgIpc) is 3.32. The smallest absolute Gasteiger partial charge is 0.229 e. The zero-order chi connectivity index (χ0) is 23.0. The Kier molecular flexibility index (Phi) is 5.78. The highest BCUT2D eigenvalue weighted by molar-refractivity contribution is 6.04. The van der Waals surface area contributed by atoms with Gasteiger partial charge in [0.15, 0.2) is 0 Å². The summed E-state index contributed by atoms with van der Waals surface area (Å²) in [6, 6.07) is 15.6. The van der Waals surface area contributed by atoms with E-state index in [0.717, 1.165) is 28.3 Å². The molecule has 6 nitrogen and oxygen atoms in total. The molecular weight excluding hydrogens is 402 g/mol. The van der Waals surface area contributed by atoms with Crippen LogP contribution in [0.5, 0.6) is 5.75 Å². The molecule has 2 amide bonds. The van der Waals surface area contributed by atoms with Gasteiger partial charge in [0.1, 0.15) is 5.75 Å². The lowest BCUT2D eigenvalue weighted by atomic mass is 10.1. The Morgan fingerprint density at radius 1 is 0.969 bits per heavy atom. The highest BCUT2D eigenvalue weighted by atomic mass is 16.5. The fraction of sp³-hybridized carbons (Fsp3) is 0.308. The van der Waals surface area contributed by atoms with Gasteiger partial charge in [-0.15, -0.1) is 0 Å². The van der Waals surface area contributed by atoms with Gasteiger partial charge >= 0.3 is 0 Å². The molecule has 0 aliphatic carbocycles. The van der Waals surface area contributed by atoms with Gasteiger partial charge in [-0.2, -0.15) is 0 Å². The van der Waals surface area contributed by atoms with Crippen LogP contribution in [0.1, 0.15) is 28.9 Å². The molecule has 2 aromatic carbocycles. The van der Waals surface area contributed by atoms with Gasteiger partial charge in [0, 0.05) is 36.1 Å². The molecule has 1 aliphatic rings. The zero-order valence-corrected chi connectivity index (χ0v) is 19.2. The third kappa shape index (κ3) is 4.00. The molecule has 1 saturated heterocycles. The Morgan fingerprint density at radius 2 is 1.69 bits per heavy atom. The predicted octanol–water partition coefficient (Wildman–Crippen LogP) is 4.71. The molecule has 0 saturated carbocycles. The van der Waals surface area contributed by atoms with Crippen molar-refractivity contribution in [1.82, 2.24) is 4.57 Å². The molecule has 0 bridgehead atoms. The number of methoxy groups -OCH3 is 1. The number of anilines is 2. The molecule has 1 atom stereocenters. The first-order chi connectivity index (χ1) is 15.3. The Bertz CT molecular complexity index is 1180. The van der Waals surface area contributed by atoms with E-state index in [-0.39, 0.29) is 18.2 Å². The molecular formula is C26H29N3O3. The third-order valence-electron chi connectivity index (χ3n) is 6.27. The van der Waals surface area contributed by atoms with Crippen LogP contribution in [0.4, 0.5) is 11.4 Å². The lowest BCUT2D eigenvalue weighted by Gasteiger charge is -2.19. The zero-order valence-electron chi connectivity index (χ0n) is 19.2. The summed E-state index contributed by atoms with van der Waals surface area (Å²) in [5.74, 6) is 0.118. The number of aromatic nitrogens is 1. The number of carbonyl (C=O) groups excluding carboxylic acids is 2. The van der Waals surface area contributed by atoms with Gasteiger partial charge in [-0.1, -0.05) is 6.07 Å². The second-order valence-corrected chi connectivity index (χ2v) is 8.50. The highest BCUT2D eigenvalue weighted by Gasteiger charge is 2.35. The van der Waals surface area contributed by atoms with E-state index in [2.05, 4.69) is 9.88 Å². The number of aryl methyl sites for hydroxylation is 4. The van der Waals surface area contributed by atoms with E-state index in [1.54, 1.807) is 12.0 Å². The summed E-state index contributed by atoms with van der Waals surface area (Å²) < 4.78 is 7.49. The lowest BCUT2D eigenvalue weighted by molar-refractivity contribution is -0.122. The van der Waals surface area contributed by atoms with E-state index in [1.165, 1.54) is 5.56 Å². The number of ether oxygens (including phenoxy) is 1. The van der Waals surface area contributed by atoms with Gasteiger partial charge < -0.3 is 19.5 Å². The molecule has 32 heavy (non-hydrogen) atoms. The van der Waals surface area contributed by atoms with E-state index in [9.17, 15) is 9.59 Å². The standard InChI is InChI=1S/C26H29N3O3/c1-16-6-9-21(12-17(16)2)28-15-20(13-25(28)30)26(31)27-23-11-10-22(32-5)14-24(23)29-18(3)7-8-19(29)4/h6-12,14,20H,13,15H2,1-5H3,(H,27,31)/t20-/m1/s1. The van der Waals surface area contributed by atoms with Crippen LogP contribution in [0.25, 0.3) is 5.69 Å². The van der Waals surface area contributed by atoms with E-state index >= 15 is 0 Å². The minimum absolute atomic E-state index is 0.0274. The minimum atomic E-state index is -0.411. The van der Waals surface area contributed by atoms with Gasteiger partial charge in [0.25, 0.3) is 0 Å². The van der Waals surface area contributed by atoms with Crippen LogP contribution in [0, 0.1) is 33.6 Å². The molecule has 4 rings (SSSR count). The third-order valence-corrected chi connectivity index (χ3v) is 6.27. The van der Waals surface area contributed by atoms with Gasteiger partial charge in [-0.3, -0.25) is 9.59 Å². The molecule has 6 heteroatoms. The van der Waals surface area contributed by atoms with Crippen LogP contribution in [-0.4, -0.2) is 30.0 Å². The summed E-state index contributed by atoms with van der Waals surface area (Å²) in [7, 11) is 1.62. The first-order valence-corrected chi connectivity index (χ1v) is 10.8. The van der Waals surface area contributed by atoms with Crippen LogP contribution in [-0.2, 0) is 9.59 Å². The molecule has 1 N–H and O–H groups in total. The van der Waals surface area contributed by atoms with Crippen molar-refractivity contribution >= 4 is 23.2 Å². The molecule has 166 valence electrons. The Hall–Kier alpha value is -3.54. The maximum absolute atomic E-state index is 13.2. The SMILES string of the molecule is COc1ccc(NC(=O)[C@@H]2CC(=O)N(c3ccc(C)c(C)c3)C2)c(-n2c(C)ccc2C)c1. The summed E-state index contributed by atoms with van der Waals surface area (Å²) in [5, 5.41) is 3.07. The number of hydrogen-bond donors (Lipinski definition) is 1. The van der Waals surface area contributed by atoms with E-state index in [4.69, 9.17) is 4.74 Å². The highest BCUT2D eigenvalue weighted by Crippen LogP contribution is 2.31. The summed E-state index contributed by atoms with van der Waals surface area (Å²) in [6.45, 7) is 8.49. The monoisotopic (exact) mass is 431 g/mol. The molecule has 1 aromatic heterocycles. The second-order valence-electron chi connectivity index (χ2n) is 8.50. The number of nitrogens with zero attached hydrogens (tertiary/aromatic N) is 2. The summed E-state index contributed by atoms with van der Waals surface area (Å²) in [6.07, 6.45) is 0.200. The van der Waals surface area contributed by atoms with Crippen molar-refractivity contribution in [3.63, 3.8) is 0 Å². The van der Waals surface area contributed by atoms with E-state index < -0.39 is 5.92 Å². The van der Waals surface area contributed by atoms with Crippen molar-refractivity contribution in [3.8, 4) is 11.4 Å². The van der Waals surface area contributed by atoms with Crippen molar-refractivity contribution in [2.45, 2.75) is 34.1 Å². The first-order valence-electron chi connectivity index (χ1n) is 10.8. The lowest BCUT2D eigenvalue weighted by Crippen LogP contribution is -2.28. The normalized spacial score (nSPS) is 15.8. The van der Waals surface area contributed by atoms with Crippen LogP contribution >= 0.6 is 0 Å². The number of nitrogens with one attached hydrogen (secondary N) is 1. The predicted molar refractivity (Wildman–Crippen MR) is 127 cm³/mol. The van der Waals surface area contributed by atoms with Gasteiger partial charge in [0.05, 0.1) is 24.4 Å².